The van der Waals surface area contributed by atoms with Crippen molar-refractivity contribution in [3.05, 3.63) is 23.2 Å². The van der Waals surface area contributed by atoms with Gasteiger partial charge in [0.2, 0.25) is 0 Å². The molecule has 0 saturated carbocycles. The molecule has 1 aromatic heterocycles. The zero-order chi connectivity index (χ0) is 9.97. The standard InChI is InChI=1S/C9H9N3OS/c1-6-12-8-4-7(10-5-11-13)2-3-9(8)14-6/h2-5,13H,1H3,(H,10,11). The molecular weight excluding hydrogens is 198 g/mol. The Bertz CT molecular complexity index is 478. The number of thiazole rings is 1. The van der Waals surface area contributed by atoms with Crippen LogP contribution in [0, 0.1) is 6.92 Å². The van der Waals surface area contributed by atoms with E-state index in [0.717, 1.165) is 20.9 Å². The van der Waals surface area contributed by atoms with E-state index in [4.69, 9.17) is 5.21 Å². The molecule has 14 heavy (non-hydrogen) atoms. The van der Waals surface area contributed by atoms with Crippen LogP contribution >= 0.6 is 11.3 Å². The fourth-order valence-electron chi connectivity index (χ4n) is 1.21. The van der Waals surface area contributed by atoms with E-state index in [2.05, 4.69) is 9.98 Å². The van der Waals surface area contributed by atoms with Crippen LogP contribution in [-0.2, 0) is 0 Å². The molecule has 4 nitrogen and oxygen atoms in total. The van der Waals surface area contributed by atoms with Gasteiger partial charge in [-0.05, 0) is 25.1 Å². The second-order valence-corrected chi connectivity index (χ2v) is 4.01. The minimum absolute atomic E-state index is 0.768. The number of benzene rings is 1. The summed E-state index contributed by atoms with van der Waals surface area (Å²) in [5.74, 6) is 0. The van der Waals surface area contributed by atoms with Crippen LogP contribution in [0.1, 0.15) is 5.01 Å². The van der Waals surface area contributed by atoms with Gasteiger partial charge < -0.3 is 0 Å². The maximum Gasteiger partial charge on any atom is 0.113 e. The summed E-state index contributed by atoms with van der Waals surface area (Å²) in [6, 6.07) is 5.74. The second-order valence-electron chi connectivity index (χ2n) is 2.77. The van der Waals surface area contributed by atoms with Crippen molar-refractivity contribution in [3.63, 3.8) is 0 Å². The van der Waals surface area contributed by atoms with Crippen molar-refractivity contribution >= 4 is 33.6 Å². The first-order valence-corrected chi connectivity index (χ1v) is 4.90. The van der Waals surface area contributed by atoms with Gasteiger partial charge in [-0.15, -0.1) is 11.3 Å². The highest BCUT2D eigenvalue weighted by molar-refractivity contribution is 7.18. The van der Waals surface area contributed by atoms with Gasteiger partial charge in [-0.3, -0.25) is 10.7 Å². The summed E-state index contributed by atoms with van der Waals surface area (Å²) in [5, 5.41) is 9.38. The summed E-state index contributed by atoms with van der Waals surface area (Å²) in [6.07, 6.45) is 1.22. The van der Waals surface area contributed by atoms with Gasteiger partial charge in [0.05, 0.1) is 20.9 Å². The number of aliphatic imine (C=N–C) groups is 1. The van der Waals surface area contributed by atoms with Crippen molar-refractivity contribution in [1.29, 1.82) is 0 Å². The minimum atomic E-state index is 0.768. The van der Waals surface area contributed by atoms with E-state index in [0.29, 0.717) is 0 Å². The maximum atomic E-state index is 8.33. The van der Waals surface area contributed by atoms with E-state index < -0.39 is 0 Å². The average Bonchev–Trinajstić information content (AvgIpc) is 2.54. The predicted molar refractivity (Wildman–Crippen MR) is 57.4 cm³/mol. The van der Waals surface area contributed by atoms with Gasteiger partial charge in [-0.1, -0.05) is 0 Å². The van der Waals surface area contributed by atoms with Gasteiger partial charge in [-0.25, -0.2) is 9.98 Å². The number of aryl methyl sites for hydroxylation is 1. The zero-order valence-corrected chi connectivity index (χ0v) is 8.38. The van der Waals surface area contributed by atoms with Gasteiger partial charge >= 0.3 is 0 Å². The number of hydrogen-bond acceptors (Lipinski definition) is 4. The number of nitrogens with zero attached hydrogens (tertiary/aromatic N) is 2. The van der Waals surface area contributed by atoms with E-state index in [1.54, 1.807) is 11.3 Å². The summed E-state index contributed by atoms with van der Waals surface area (Å²) in [7, 11) is 0. The molecule has 2 rings (SSSR count). The Balaban J connectivity index is 2.45. The molecule has 0 bridgehead atoms. The molecule has 1 aromatic carbocycles. The van der Waals surface area contributed by atoms with Crippen LogP contribution in [-0.4, -0.2) is 16.5 Å². The molecule has 2 N–H and O–H groups in total. The Labute approximate surface area is 84.9 Å². The van der Waals surface area contributed by atoms with Gasteiger partial charge in [-0.2, -0.15) is 0 Å². The lowest BCUT2D eigenvalue weighted by Gasteiger charge is -1.92. The first kappa shape index (κ1) is 9.11. The highest BCUT2D eigenvalue weighted by Crippen LogP contribution is 2.25. The number of fused-ring (bicyclic) bond motifs is 1. The van der Waals surface area contributed by atoms with Crippen LogP contribution in [0.5, 0.6) is 0 Å². The molecule has 0 aliphatic carbocycles. The van der Waals surface area contributed by atoms with Gasteiger partial charge in [0.25, 0.3) is 0 Å². The topological polar surface area (TPSA) is 57.5 Å². The summed E-state index contributed by atoms with van der Waals surface area (Å²) < 4.78 is 1.15. The smallest absolute Gasteiger partial charge is 0.113 e. The normalized spacial score (nSPS) is 11.3. The van der Waals surface area contributed by atoms with Crippen LogP contribution < -0.4 is 5.48 Å². The number of nitrogens with one attached hydrogen (secondary N) is 1. The SMILES string of the molecule is Cc1nc2cc(N=CNO)ccc2s1. The van der Waals surface area contributed by atoms with Crippen molar-refractivity contribution in [2.24, 2.45) is 4.99 Å². The molecule has 5 heteroatoms. The van der Waals surface area contributed by atoms with Crippen LogP contribution in [0.4, 0.5) is 5.69 Å². The molecule has 0 aliphatic heterocycles. The first-order valence-electron chi connectivity index (χ1n) is 4.09. The summed E-state index contributed by atoms with van der Waals surface area (Å²) in [6.45, 7) is 1.98. The summed E-state index contributed by atoms with van der Waals surface area (Å²) in [5.41, 5.74) is 3.57. The predicted octanol–water partition coefficient (Wildman–Crippen LogP) is 2.24. The third-order valence-corrected chi connectivity index (χ3v) is 2.70. The Morgan fingerprint density at radius 3 is 3.21 bits per heavy atom. The number of hydroxylamine groups is 1. The average molecular weight is 207 g/mol. The van der Waals surface area contributed by atoms with Crippen molar-refractivity contribution in [3.8, 4) is 0 Å². The molecule has 0 aliphatic rings. The summed E-state index contributed by atoms with van der Waals surface area (Å²) in [4.78, 5) is 8.31. The maximum absolute atomic E-state index is 8.33. The molecule has 0 atom stereocenters. The third-order valence-electron chi connectivity index (χ3n) is 1.75. The van der Waals surface area contributed by atoms with Gasteiger partial charge in [0.1, 0.15) is 6.34 Å². The Morgan fingerprint density at radius 2 is 2.43 bits per heavy atom. The van der Waals surface area contributed by atoms with Gasteiger partial charge in [0, 0.05) is 0 Å². The molecule has 0 saturated heterocycles. The van der Waals surface area contributed by atoms with Crippen molar-refractivity contribution < 1.29 is 5.21 Å². The quantitative estimate of drug-likeness (QED) is 0.451. The highest BCUT2D eigenvalue weighted by Gasteiger charge is 1.99. The van der Waals surface area contributed by atoms with Crippen LogP contribution in [0.15, 0.2) is 23.2 Å². The van der Waals surface area contributed by atoms with Crippen molar-refractivity contribution in [2.75, 3.05) is 0 Å². The minimum Gasteiger partial charge on any atom is -0.290 e. The Kier molecular flexibility index (Phi) is 2.43. The van der Waals surface area contributed by atoms with E-state index >= 15 is 0 Å². The highest BCUT2D eigenvalue weighted by atomic mass is 32.1. The molecule has 0 fully saturated rings. The van der Waals surface area contributed by atoms with Gasteiger partial charge in [0.15, 0.2) is 0 Å². The fourth-order valence-corrected chi connectivity index (χ4v) is 2.02. The largest absolute Gasteiger partial charge is 0.290 e. The second kappa shape index (κ2) is 3.73. The molecule has 1 heterocycles. The molecule has 0 radical (unpaired) electrons. The molecule has 0 spiro atoms. The Morgan fingerprint density at radius 1 is 1.57 bits per heavy atom. The van der Waals surface area contributed by atoms with E-state index in [-0.39, 0.29) is 0 Å². The zero-order valence-electron chi connectivity index (χ0n) is 7.56. The van der Waals surface area contributed by atoms with E-state index in [9.17, 15) is 0 Å². The lowest BCUT2D eigenvalue weighted by atomic mass is 10.3. The van der Waals surface area contributed by atoms with Crippen LogP contribution in [0.2, 0.25) is 0 Å². The molecule has 0 amide bonds. The number of hydrogen-bond donors (Lipinski definition) is 2. The van der Waals surface area contributed by atoms with Crippen molar-refractivity contribution in [1.82, 2.24) is 10.5 Å². The molecule has 2 aromatic rings. The third kappa shape index (κ3) is 1.73. The van der Waals surface area contributed by atoms with E-state index in [1.807, 2.05) is 30.6 Å². The lowest BCUT2D eigenvalue weighted by Crippen LogP contribution is -2.00. The lowest BCUT2D eigenvalue weighted by molar-refractivity contribution is 0.240. The van der Waals surface area contributed by atoms with Crippen LogP contribution in [0.25, 0.3) is 10.2 Å². The molecule has 0 unspecified atom stereocenters. The number of aromatic nitrogens is 1. The summed E-state index contributed by atoms with van der Waals surface area (Å²) >= 11 is 1.66. The van der Waals surface area contributed by atoms with Crippen molar-refractivity contribution in [2.45, 2.75) is 6.92 Å². The monoisotopic (exact) mass is 207 g/mol. The van der Waals surface area contributed by atoms with Crippen LogP contribution in [0.3, 0.4) is 0 Å². The van der Waals surface area contributed by atoms with E-state index in [1.165, 1.54) is 6.34 Å². The molecule has 72 valence electrons. The fraction of sp³-hybridized carbons (Fsp3) is 0.111. The first-order chi connectivity index (χ1) is 6.79. The number of rotatable bonds is 2. The Hall–Kier alpha value is -1.46. The molecular formula is C9H9N3OS.